The summed E-state index contributed by atoms with van der Waals surface area (Å²) in [6, 6.07) is 0. The van der Waals surface area contributed by atoms with Crippen LogP contribution in [0.25, 0.3) is 0 Å². The summed E-state index contributed by atoms with van der Waals surface area (Å²) in [5.41, 5.74) is 3.70. The quantitative estimate of drug-likeness (QED) is 0.492. The molecule has 0 aromatic carbocycles. The number of allylic oxidation sites excluding steroid dienone is 1. The predicted octanol–water partition coefficient (Wildman–Crippen LogP) is 4.87. The van der Waals surface area contributed by atoms with Gasteiger partial charge in [0.15, 0.2) is 0 Å². The summed E-state index contributed by atoms with van der Waals surface area (Å²) in [6.07, 6.45) is 9.44. The van der Waals surface area contributed by atoms with Crippen molar-refractivity contribution in [1.82, 2.24) is 5.43 Å². The van der Waals surface area contributed by atoms with Gasteiger partial charge < -0.3 is 5.43 Å². The Balaban J connectivity index is 2.61. The molecule has 2 nitrogen and oxygen atoms in total. The predicted molar refractivity (Wildman–Crippen MR) is 88.9 cm³/mol. The van der Waals surface area contributed by atoms with Crippen LogP contribution in [0.3, 0.4) is 0 Å². The molecule has 0 aromatic rings. The number of rotatable bonds is 8. The van der Waals surface area contributed by atoms with Crippen LogP contribution in [-0.2, 0) is 0 Å². The average Bonchev–Trinajstić information content (AvgIpc) is 2.43. The highest BCUT2D eigenvalue weighted by Crippen LogP contribution is 2.39. The number of nitrogens with two attached hydrogens (primary N) is 1. The molecule has 1 rings (SSSR count). The molecule has 2 heteroatoms. The van der Waals surface area contributed by atoms with Crippen molar-refractivity contribution in [3.63, 3.8) is 0 Å². The van der Waals surface area contributed by atoms with Crippen LogP contribution in [0, 0.1) is 29.6 Å². The summed E-state index contributed by atoms with van der Waals surface area (Å²) in [4.78, 5) is 0. The van der Waals surface area contributed by atoms with Crippen molar-refractivity contribution in [2.24, 2.45) is 35.4 Å². The number of hydrogen-bond donors (Lipinski definition) is 2. The SMILES string of the molecule is C=C(CC(C)[C@H](CC1CCCC(C)C1)C(C)CC)NN. The first-order valence-corrected chi connectivity index (χ1v) is 8.62. The van der Waals surface area contributed by atoms with Gasteiger partial charge in [-0.05, 0) is 48.9 Å². The summed E-state index contributed by atoms with van der Waals surface area (Å²) >= 11 is 0. The first-order valence-electron chi connectivity index (χ1n) is 8.62. The maximum Gasteiger partial charge on any atom is 0.0190 e. The Hall–Kier alpha value is -0.500. The molecule has 0 amide bonds. The molecule has 0 spiro atoms. The highest BCUT2D eigenvalue weighted by molar-refractivity contribution is 4.92. The van der Waals surface area contributed by atoms with Gasteiger partial charge in [0.1, 0.15) is 0 Å². The summed E-state index contributed by atoms with van der Waals surface area (Å²) in [7, 11) is 0. The van der Waals surface area contributed by atoms with E-state index in [0.29, 0.717) is 5.92 Å². The Morgan fingerprint density at radius 3 is 2.55 bits per heavy atom. The minimum atomic E-state index is 0.672. The largest absolute Gasteiger partial charge is 0.329 e. The summed E-state index contributed by atoms with van der Waals surface area (Å²) in [5.74, 6) is 9.64. The van der Waals surface area contributed by atoms with Crippen LogP contribution in [0.4, 0.5) is 0 Å². The molecular weight excluding hydrogens is 244 g/mol. The number of hydrogen-bond acceptors (Lipinski definition) is 2. The van der Waals surface area contributed by atoms with Crippen LogP contribution >= 0.6 is 0 Å². The Bertz CT molecular complexity index is 287. The normalized spacial score (nSPS) is 27.6. The molecule has 118 valence electrons. The van der Waals surface area contributed by atoms with Gasteiger partial charge in [-0.25, -0.2) is 0 Å². The van der Waals surface area contributed by atoms with Gasteiger partial charge in [0, 0.05) is 5.70 Å². The zero-order chi connectivity index (χ0) is 15.1. The van der Waals surface area contributed by atoms with E-state index in [2.05, 4.69) is 39.7 Å². The molecule has 0 radical (unpaired) electrons. The van der Waals surface area contributed by atoms with E-state index in [9.17, 15) is 0 Å². The van der Waals surface area contributed by atoms with Crippen LogP contribution in [0.1, 0.15) is 72.6 Å². The van der Waals surface area contributed by atoms with E-state index >= 15 is 0 Å². The molecule has 0 saturated heterocycles. The maximum atomic E-state index is 5.48. The molecule has 0 bridgehead atoms. The average molecular weight is 280 g/mol. The lowest BCUT2D eigenvalue weighted by Crippen LogP contribution is -2.28. The molecule has 1 aliphatic carbocycles. The van der Waals surface area contributed by atoms with E-state index < -0.39 is 0 Å². The van der Waals surface area contributed by atoms with E-state index in [-0.39, 0.29) is 0 Å². The first kappa shape index (κ1) is 17.6. The van der Waals surface area contributed by atoms with Crippen LogP contribution in [-0.4, -0.2) is 0 Å². The van der Waals surface area contributed by atoms with Crippen LogP contribution < -0.4 is 11.3 Å². The highest BCUT2D eigenvalue weighted by atomic mass is 15.2. The molecule has 20 heavy (non-hydrogen) atoms. The van der Waals surface area contributed by atoms with Crippen LogP contribution in [0.5, 0.6) is 0 Å². The Labute approximate surface area is 126 Å². The van der Waals surface area contributed by atoms with Crippen molar-refractivity contribution >= 4 is 0 Å². The number of nitrogens with one attached hydrogen (secondary N) is 1. The van der Waals surface area contributed by atoms with Gasteiger partial charge in [0.05, 0.1) is 0 Å². The smallest absolute Gasteiger partial charge is 0.0190 e. The zero-order valence-corrected chi connectivity index (χ0v) is 14.1. The molecule has 0 heterocycles. The number of hydrazine groups is 1. The van der Waals surface area contributed by atoms with E-state index in [1.807, 2.05) is 0 Å². The molecule has 1 fully saturated rings. The van der Waals surface area contributed by atoms with Gasteiger partial charge in [0.2, 0.25) is 0 Å². The van der Waals surface area contributed by atoms with Gasteiger partial charge in [0.25, 0.3) is 0 Å². The topological polar surface area (TPSA) is 38.0 Å². The summed E-state index contributed by atoms with van der Waals surface area (Å²) in [6.45, 7) is 13.6. The third-order valence-electron chi connectivity index (χ3n) is 5.53. The lowest BCUT2D eigenvalue weighted by molar-refractivity contribution is 0.160. The van der Waals surface area contributed by atoms with Gasteiger partial charge in [-0.15, -0.1) is 0 Å². The fourth-order valence-corrected chi connectivity index (χ4v) is 4.09. The van der Waals surface area contributed by atoms with E-state index in [1.54, 1.807) is 0 Å². The van der Waals surface area contributed by atoms with Crippen molar-refractivity contribution in [3.8, 4) is 0 Å². The van der Waals surface area contributed by atoms with Gasteiger partial charge in [-0.1, -0.05) is 60.0 Å². The second-order valence-corrected chi connectivity index (χ2v) is 7.35. The highest BCUT2D eigenvalue weighted by Gasteiger charge is 2.28. The Kier molecular flexibility index (Phi) is 7.65. The molecule has 0 aromatic heterocycles. The van der Waals surface area contributed by atoms with Crippen molar-refractivity contribution in [2.75, 3.05) is 0 Å². The standard InChI is InChI=1S/C18H36N2/c1-6-14(3)18(15(4)11-16(5)20-19)12-17-9-7-8-13(2)10-17/h13-15,17-18,20H,5-12,19H2,1-4H3/t13?,14?,15?,17?,18-/m1/s1. The fourth-order valence-electron chi connectivity index (χ4n) is 4.09. The molecule has 1 aliphatic rings. The minimum absolute atomic E-state index is 0.672. The van der Waals surface area contributed by atoms with Crippen LogP contribution in [0.2, 0.25) is 0 Å². The fraction of sp³-hybridized carbons (Fsp3) is 0.889. The molecule has 0 aliphatic heterocycles. The van der Waals surface area contributed by atoms with Gasteiger partial charge in [-0.3, -0.25) is 5.84 Å². The molecule has 5 atom stereocenters. The second-order valence-electron chi connectivity index (χ2n) is 7.35. The lowest BCUT2D eigenvalue weighted by Gasteiger charge is -2.35. The van der Waals surface area contributed by atoms with E-state index in [1.165, 1.54) is 38.5 Å². The molecule has 4 unspecified atom stereocenters. The third kappa shape index (κ3) is 5.47. The minimum Gasteiger partial charge on any atom is -0.329 e. The second kappa shape index (κ2) is 8.71. The van der Waals surface area contributed by atoms with E-state index in [4.69, 9.17) is 5.84 Å². The monoisotopic (exact) mass is 280 g/mol. The van der Waals surface area contributed by atoms with Crippen molar-refractivity contribution in [2.45, 2.75) is 72.6 Å². The van der Waals surface area contributed by atoms with Crippen molar-refractivity contribution in [1.29, 1.82) is 0 Å². The Morgan fingerprint density at radius 2 is 2.00 bits per heavy atom. The van der Waals surface area contributed by atoms with E-state index in [0.717, 1.165) is 35.8 Å². The molecular formula is C18H36N2. The lowest BCUT2D eigenvalue weighted by atomic mass is 9.70. The van der Waals surface area contributed by atoms with Crippen LogP contribution in [0.15, 0.2) is 12.3 Å². The molecule has 3 N–H and O–H groups in total. The third-order valence-corrected chi connectivity index (χ3v) is 5.53. The summed E-state index contributed by atoms with van der Waals surface area (Å²) < 4.78 is 0. The Morgan fingerprint density at radius 1 is 1.30 bits per heavy atom. The first-order chi connectivity index (χ1) is 9.47. The van der Waals surface area contributed by atoms with Crippen molar-refractivity contribution in [3.05, 3.63) is 12.3 Å². The van der Waals surface area contributed by atoms with Gasteiger partial charge in [-0.2, -0.15) is 0 Å². The van der Waals surface area contributed by atoms with Crippen molar-refractivity contribution < 1.29 is 0 Å². The maximum absolute atomic E-state index is 5.48. The zero-order valence-electron chi connectivity index (χ0n) is 14.1. The molecule has 1 saturated carbocycles. The van der Waals surface area contributed by atoms with Gasteiger partial charge >= 0.3 is 0 Å². The summed E-state index contributed by atoms with van der Waals surface area (Å²) in [5, 5.41) is 0.